The normalized spacial score (nSPS) is 11.3. The lowest BCUT2D eigenvalue weighted by atomic mass is 9.86. The molecule has 1 aromatic rings. The van der Waals surface area contributed by atoms with Crippen molar-refractivity contribution in [2.45, 2.75) is 26.2 Å². The Kier molecular flexibility index (Phi) is 3.66. The Bertz CT molecular complexity index is 353. The highest BCUT2D eigenvalue weighted by Crippen LogP contribution is 2.38. The van der Waals surface area contributed by atoms with Crippen LogP contribution in [0, 0.1) is 0 Å². The van der Waals surface area contributed by atoms with Crippen LogP contribution in [0.25, 0.3) is 0 Å². The summed E-state index contributed by atoms with van der Waals surface area (Å²) in [6.45, 7) is 6.47. The fraction of sp³-hybridized carbons (Fsp3) is 0.500. The molecular weight excluding hydrogens is 256 g/mol. The van der Waals surface area contributed by atoms with Gasteiger partial charge in [0.1, 0.15) is 11.5 Å². The summed E-state index contributed by atoms with van der Waals surface area (Å²) in [5.74, 6) is 1.66. The predicted molar refractivity (Wildman–Crippen MR) is 65.9 cm³/mol. The van der Waals surface area contributed by atoms with Crippen LogP contribution in [0.15, 0.2) is 16.6 Å². The Morgan fingerprint density at radius 2 is 1.53 bits per heavy atom. The molecule has 0 N–H and O–H groups in total. The molecule has 0 fully saturated rings. The maximum Gasteiger partial charge on any atom is 0.136 e. The monoisotopic (exact) mass is 272 g/mol. The van der Waals surface area contributed by atoms with Gasteiger partial charge >= 0.3 is 0 Å². The van der Waals surface area contributed by atoms with Crippen molar-refractivity contribution < 1.29 is 9.47 Å². The summed E-state index contributed by atoms with van der Waals surface area (Å²) in [4.78, 5) is 0. The van der Waals surface area contributed by atoms with E-state index in [0.29, 0.717) is 0 Å². The highest BCUT2D eigenvalue weighted by atomic mass is 79.9. The van der Waals surface area contributed by atoms with Crippen LogP contribution in [0.5, 0.6) is 11.5 Å². The zero-order chi connectivity index (χ0) is 11.6. The minimum absolute atomic E-state index is 0.0557. The summed E-state index contributed by atoms with van der Waals surface area (Å²) in [6.07, 6.45) is 0. The van der Waals surface area contributed by atoms with Crippen molar-refractivity contribution in [3.05, 3.63) is 22.2 Å². The maximum absolute atomic E-state index is 5.37. The molecule has 0 heterocycles. The lowest BCUT2D eigenvalue weighted by Gasteiger charge is -2.23. The molecule has 1 rings (SSSR count). The lowest BCUT2D eigenvalue weighted by Crippen LogP contribution is -2.13. The Labute approximate surface area is 99.7 Å². The molecule has 0 bridgehead atoms. The van der Waals surface area contributed by atoms with Gasteiger partial charge < -0.3 is 9.47 Å². The van der Waals surface area contributed by atoms with Crippen molar-refractivity contribution in [3.63, 3.8) is 0 Å². The SMILES string of the molecule is COc1cc(OC)c(C(C)(C)C)cc1Br. The van der Waals surface area contributed by atoms with E-state index in [0.717, 1.165) is 21.5 Å². The lowest BCUT2D eigenvalue weighted by molar-refractivity contribution is 0.381. The van der Waals surface area contributed by atoms with E-state index in [2.05, 4.69) is 42.8 Å². The first kappa shape index (κ1) is 12.4. The van der Waals surface area contributed by atoms with E-state index in [-0.39, 0.29) is 5.41 Å². The average Bonchev–Trinajstić information content (AvgIpc) is 2.16. The molecule has 0 atom stereocenters. The molecule has 2 nitrogen and oxygen atoms in total. The first-order valence-corrected chi connectivity index (χ1v) is 5.61. The van der Waals surface area contributed by atoms with Gasteiger partial charge in [-0.3, -0.25) is 0 Å². The summed E-state index contributed by atoms with van der Waals surface area (Å²) >= 11 is 3.48. The first-order chi connectivity index (χ1) is 6.90. The Balaban J connectivity index is 3.34. The van der Waals surface area contributed by atoms with E-state index in [4.69, 9.17) is 9.47 Å². The second kappa shape index (κ2) is 4.44. The van der Waals surface area contributed by atoms with Crippen LogP contribution in [0.4, 0.5) is 0 Å². The predicted octanol–water partition coefficient (Wildman–Crippen LogP) is 3.76. The molecule has 0 spiro atoms. The van der Waals surface area contributed by atoms with Gasteiger partial charge in [0.05, 0.1) is 18.7 Å². The van der Waals surface area contributed by atoms with E-state index in [1.165, 1.54) is 0 Å². The molecule has 3 heteroatoms. The van der Waals surface area contributed by atoms with Gasteiger partial charge in [-0.1, -0.05) is 20.8 Å². The van der Waals surface area contributed by atoms with Crippen LogP contribution >= 0.6 is 15.9 Å². The van der Waals surface area contributed by atoms with Crippen LogP contribution in [0.2, 0.25) is 0 Å². The zero-order valence-corrected chi connectivity index (χ0v) is 11.4. The van der Waals surface area contributed by atoms with Crippen molar-refractivity contribution in [2.75, 3.05) is 14.2 Å². The number of halogens is 1. The molecule has 15 heavy (non-hydrogen) atoms. The minimum atomic E-state index is 0.0557. The third-order valence-electron chi connectivity index (χ3n) is 2.28. The average molecular weight is 273 g/mol. The first-order valence-electron chi connectivity index (χ1n) is 4.82. The van der Waals surface area contributed by atoms with Gasteiger partial charge in [-0.05, 0) is 27.4 Å². The highest BCUT2D eigenvalue weighted by molar-refractivity contribution is 9.10. The molecule has 84 valence electrons. The van der Waals surface area contributed by atoms with Crippen molar-refractivity contribution in [1.29, 1.82) is 0 Å². The van der Waals surface area contributed by atoms with Gasteiger partial charge in [0, 0.05) is 11.6 Å². The number of methoxy groups -OCH3 is 2. The van der Waals surface area contributed by atoms with Crippen LogP contribution < -0.4 is 9.47 Å². The maximum atomic E-state index is 5.37. The molecule has 0 aliphatic carbocycles. The summed E-state index contributed by atoms with van der Waals surface area (Å²) in [7, 11) is 3.33. The van der Waals surface area contributed by atoms with Crippen molar-refractivity contribution >= 4 is 15.9 Å². The quantitative estimate of drug-likeness (QED) is 0.816. The molecule has 0 saturated carbocycles. The number of ether oxygens (including phenoxy) is 2. The molecule has 0 aliphatic rings. The van der Waals surface area contributed by atoms with E-state index in [1.54, 1.807) is 14.2 Å². The number of hydrogen-bond donors (Lipinski definition) is 0. The fourth-order valence-corrected chi connectivity index (χ4v) is 1.95. The largest absolute Gasteiger partial charge is 0.496 e. The summed E-state index contributed by atoms with van der Waals surface area (Å²) in [5, 5.41) is 0. The van der Waals surface area contributed by atoms with E-state index < -0.39 is 0 Å². The van der Waals surface area contributed by atoms with Gasteiger partial charge in [-0.2, -0.15) is 0 Å². The minimum Gasteiger partial charge on any atom is -0.496 e. The molecule has 1 aromatic carbocycles. The highest BCUT2D eigenvalue weighted by Gasteiger charge is 2.20. The Morgan fingerprint density at radius 1 is 1.00 bits per heavy atom. The van der Waals surface area contributed by atoms with Crippen molar-refractivity contribution in [3.8, 4) is 11.5 Å². The van der Waals surface area contributed by atoms with Crippen molar-refractivity contribution in [2.24, 2.45) is 0 Å². The molecule has 0 unspecified atom stereocenters. The number of benzene rings is 1. The van der Waals surface area contributed by atoms with Gasteiger partial charge in [0.15, 0.2) is 0 Å². The van der Waals surface area contributed by atoms with E-state index >= 15 is 0 Å². The Hall–Kier alpha value is -0.700. The molecule has 0 aliphatic heterocycles. The fourth-order valence-electron chi connectivity index (χ4n) is 1.45. The van der Waals surface area contributed by atoms with Gasteiger partial charge in [-0.15, -0.1) is 0 Å². The second-order valence-electron chi connectivity index (χ2n) is 4.44. The molecule has 0 aromatic heterocycles. The Morgan fingerprint density at radius 3 is 1.93 bits per heavy atom. The summed E-state index contributed by atoms with van der Waals surface area (Å²) < 4.78 is 11.6. The molecule has 0 saturated heterocycles. The van der Waals surface area contributed by atoms with Crippen LogP contribution in [-0.2, 0) is 5.41 Å². The van der Waals surface area contributed by atoms with Crippen LogP contribution in [0.3, 0.4) is 0 Å². The van der Waals surface area contributed by atoms with Gasteiger partial charge in [0.2, 0.25) is 0 Å². The molecule has 0 amide bonds. The second-order valence-corrected chi connectivity index (χ2v) is 5.29. The topological polar surface area (TPSA) is 18.5 Å². The number of rotatable bonds is 2. The standard InChI is InChI=1S/C12H17BrO2/c1-12(2,3)8-6-9(13)11(15-5)7-10(8)14-4/h6-7H,1-5H3. The van der Waals surface area contributed by atoms with Gasteiger partial charge in [-0.25, -0.2) is 0 Å². The van der Waals surface area contributed by atoms with E-state index in [9.17, 15) is 0 Å². The summed E-state index contributed by atoms with van der Waals surface area (Å²) in [6, 6.07) is 3.96. The third kappa shape index (κ3) is 2.65. The van der Waals surface area contributed by atoms with Gasteiger partial charge in [0.25, 0.3) is 0 Å². The number of hydrogen-bond acceptors (Lipinski definition) is 2. The molecular formula is C12H17BrO2. The van der Waals surface area contributed by atoms with Crippen molar-refractivity contribution in [1.82, 2.24) is 0 Å². The zero-order valence-electron chi connectivity index (χ0n) is 9.85. The summed E-state index contributed by atoms with van der Waals surface area (Å²) in [5.41, 5.74) is 1.22. The van der Waals surface area contributed by atoms with Crippen LogP contribution in [-0.4, -0.2) is 14.2 Å². The van der Waals surface area contributed by atoms with E-state index in [1.807, 2.05) is 6.07 Å². The smallest absolute Gasteiger partial charge is 0.136 e. The third-order valence-corrected chi connectivity index (χ3v) is 2.90. The van der Waals surface area contributed by atoms with Crippen LogP contribution in [0.1, 0.15) is 26.3 Å². The molecule has 0 radical (unpaired) electrons.